The van der Waals surface area contributed by atoms with Crippen LogP contribution in [0.25, 0.3) is 12.2 Å². The number of hydrogen-bond acceptors (Lipinski definition) is 4. The lowest BCUT2D eigenvalue weighted by atomic mass is 10.0. The Bertz CT molecular complexity index is 975. The van der Waals surface area contributed by atoms with Gasteiger partial charge in [-0.25, -0.2) is 23.1 Å². The zero-order valence-corrected chi connectivity index (χ0v) is 15.4. The summed E-state index contributed by atoms with van der Waals surface area (Å²) < 4.78 is 40.4. The van der Waals surface area contributed by atoms with Crippen molar-refractivity contribution in [2.75, 3.05) is 5.32 Å². The van der Waals surface area contributed by atoms with E-state index >= 15 is 0 Å². The van der Waals surface area contributed by atoms with Crippen LogP contribution in [0.15, 0.2) is 48.9 Å². The van der Waals surface area contributed by atoms with Crippen molar-refractivity contribution in [3.8, 4) is 0 Å². The maximum Gasteiger partial charge on any atom is 0.266 e. The standard InChI is InChI=1S/C21H19F3N4/c1-13(17-6-3-7-18(19(17)22)20(23)24)27-21-16(12-26-14(2)28-21)9-8-15-5-4-10-25-11-15/h3-13,20H,1-2H3,(H,26,27,28)/b9-8+/t13-/m1/s1. The van der Waals surface area contributed by atoms with Crippen LogP contribution in [0.1, 0.15) is 47.5 Å². The molecule has 1 aromatic carbocycles. The molecule has 28 heavy (non-hydrogen) atoms. The zero-order valence-electron chi connectivity index (χ0n) is 15.4. The third-order valence-electron chi connectivity index (χ3n) is 4.19. The van der Waals surface area contributed by atoms with Crippen LogP contribution in [-0.4, -0.2) is 15.0 Å². The molecule has 1 atom stereocenters. The van der Waals surface area contributed by atoms with E-state index in [1.165, 1.54) is 12.1 Å². The lowest BCUT2D eigenvalue weighted by Crippen LogP contribution is -2.12. The highest BCUT2D eigenvalue weighted by Gasteiger charge is 2.20. The fourth-order valence-electron chi connectivity index (χ4n) is 2.73. The van der Waals surface area contributed by atoms with Crippen LogP contribution < -0.4 is 5.32 Å². The Balaban J connectivity index is 1.89. The third kappa shape index (κ3) is 4.54. The van der Waals surface area contributed by atoms with Crippen molar-refractivity contribution in [2.24, 2.45) is 0 Å². The van der Waals surface area contributed by atoms with Crippen molar-refractivity contribution in [1.29, 1.82) is 0 Å². The van der Waals surface area contributed by atoms with E-state index in [-0.39, 0.29) is 5.56 Å². The van der Waals surface area contributed by atoms with Gasteiger partial charge in [0.05, 0.1) is 11.6 Å². The first-order valence-corrected chi connectivity index (χ1v) is 8.70. The summed E-state index contributed by atoms with van der Waals surface area (Å²) in [6.07, 6.45) is 5.85. The average Bonchev–Trinajstić information content (AvgIpc) is 2.68. The number of nitrogens with zero attached hydrogens (tertiary/aromatic N) is 3. The topological polar surface area (TPSA) is 50.7 Å². The van der Waals surface area contributed by atoms with Crippen LogP contribution in [0, 0.1) is 12.7 Å². The summed E-state index contributed by atoms with van der Waals surface area (Å²) in [5.74, 6) is 0.118. The van der Waals surface area contributed by atoms with Gasteiger partial charge in [-0.2, -0.15) is 0 Å². The van der Waals surface area contributed by atoms with Crippen LogP contribution in [0.5, 0.6) is 0 Å². The summed E-state index contributed by atoms with van der Waals surface area (Å²) in [4.78, 5) is 12.6. The molecule has 0 saturated heterocycles. The second-order valence-electron chi connectivity index (χ2n) is 6.26. The number of nitrogens with one attached hydrogen (secondary N) is 1. The molecular weight excluding hydrogens is 365 g/mol. The summed E-state index contributed by atoms with van der Waals surface area (Å²) in [5, 5.41) is 3.11. The second-order valence-corrected chi connectivity index (χ2v) is 6.26. The van der Waals surface area contributed by atoms with Crippen molar-refractivity contribution >= 4 is 18.0 Å². The minimum atomic E-state index is -2.87. The van der Waals surface area contributed by atoms with E-state index in [2.05, 4.69) is 20.3 Å². The third-order valence-corrected chi connectivity index (χ3v) is 4.19. The number of pyridine rings is 1. The van der Waals surface area contributed by atoms with Crippen LogP contribution in [0.3, 0.4) is 0 Å². The maximum absolute atomic E-state index is 14.5. The molecule has 2 aromatic heterocycles. The Hall–Kier alpha value is -3.22. The molecule has 2 heterocycles. The van der Waals surface area contributed by atoms with Crippen molar-refractivity contribution in [3.63, 3.8) is 0 Å². The predicted octanol–water partition coefficient (Wildman–Crippen LogP) is 5.60. The Morgan fingerprint density at radius 3 is 2.54 bits per heavy atom. The molecule has 0 radical (unpaired) electrons. The number of benzene rings is 1. The number of anilines is 1. The van der Waals surface area contributed by atoms with E-state index in [0.29, 0.717) is 17.2 Å². The molecule has 3 rings (SSSR count). The molecule has 0 aliphatic rings. The molecule has 0 saturated carbocycles. The Morgan fingerprint density at radius 2 is 1.82 bits per heavy atom. The molecule has 0 amide bonds. The summed E-state index contributed by atoms with van der Waals surface area (Å²) in [6.45, 7) is 3.43. The number of alkyl halides is 2. The van der Waals surface area contributed by atoms with Gasteiger partial charge < -0.3 is 5.32 Å². The summed E-state index contributed by atoms with van der Waals surface area (Å²) in [6, 6.07) is 7.15. The van der Waals surface area contributed by atoms with Crippen molar-refractivity contribution in [1.82, 2.24) is 15.0 Å². The fourth-order valence-corrected chi connectivity index (χ4v) is 2.73. The molecule has 3 aromatic rings. The summed E-state index contributed by atoms with van der Waals surface area (Å²) in [5.41, 5.74) is 1.13. The number of rotatable bonds is 6. The van der Waals surface area contributed by atoms with Gasteiger partial charge in [0.2, 0.25) is 0 Å². The van der Waals surface area contributed by atoms with Gasteiger partial charge in [0.1, 0.15) is 17.5 Å². The normalized spacial score (nSPS) is 12.5. The SMILES string of the molecule is Cc1ncc(/C=C/c2cccnc2)c(N[C@H](C)c2cccc(C(F)F)c2F)n1. The van der Waals surface area contributed by atoms with Crippen molar-refractivity contribution < 1.29 is 13.2 Å². The van der Waals surface area contributed by atoms with E-state index in [0.717, 1.165) is 11.6 Å². The Kier molecular flexibility index (Phi) is 6.03. The lowest BCUT2D eigenvalue weighted by molar-refractivity contribution is 0.146. The van der Waals surface area contributed by atoms with E-state index < -0.39 is 23.8 Å². The first-order chi connectivity index (χ1) is 13.5. The van der Waals surface area contributed by atoms with Crippen molar-refractivity contribution in [2.45, 2.75) is 26.3 Å². The van der Waals surface area contributed by atoms with E-state index in [4.69, 9.17) is 0 Å². The quantitative estimate of drug-likeness (QED) is 0.601. The Morgan fingerprint density at radius 1 is 1.04 bits per heavy atom. The number of aromatic nitrogens is 3. The van der Waals surface area contributed by atoms with Crippen LogP contribution >= 0.6 is 0 Å². The highest BCUT2D eigenvalue weighted by atomic mass is 19.3. The molecule has 144 valence electrons. The zero-order chi connectivity index (χ0) is 20.1. The van der Waals surface area contributed by atoms with Crippen LogP contribution in [0.2, 0.25) is 0 Å². The van der Waals surface area contributed by atoms with Gasteiger partial charge in [-0.1, -0.05) is 30.3 Å². The molecule has 0 aliphatic carbocycles. The predicted molar refractivity (Wildman–Crippen MR) is 103 cm³/mol. The first kappa shape index (κ1) is 19.5. The van der Waals surface area contributed by atoms with Crippen LogP contribution in [0.4, 0.5) is 19.0 Å². The molecule has 0 aliphatic heterocycles. The molecule has 7 heteroatoms. The maximum atomic E-state index is 14.5. The molecule has 0 bridgehead atoms. The number of halogens is 3. The summed E-state index contributed by atoms with van der Waals surface area (Å²) in [7, 11) is 0. The van der Waals surface area contributed by atoms with Gasteiger partial charge in [-0.3, -0.25) is 4.98 Å². The smallest absolute Gasteiger partial charge is 0.266 e. The molecule has 1 N–H and O–H groups in total. The summed E-state index contributed by atoms with van der Waals surface area (Å²) >= 11 is 0. The van der Waals surface area contributed by atoms with E-state index in [9.17, 15) is 13.2 Å². The first-order valence-electron chi connectivity index (χ1n) is 8.70. The molecule has 4 nitrogen and oxygen atoms in total. The number of hydrogen-bond donors (Lipinski definition) is 1. The molecule has 0 spiro atoms. The van der Waals surface area contributed by atoms with Gasteiger partial charge in [-0.15, -0.1) is 0 Å². The van der Waals surface area contributed by atoms with Crippen LogP contribution in [-0.2, 0) is 0 Å². The van der Waals surface area contributed by atoms with Gasteiger partial charge in [0.15, 0.2) is 0 Å². The second kappa shape index (κ2) is 8.65. The van der Waals surface area contributed by atoms with Gasteiger partial charge >= 0.3 is 0 Å². The Labute approximate surface area is 161 Å². The monoisotopic (exact) mass is 384 g/mol. The van der Waals surface area contributed by atoms with Gasteiger partial charge in [0.25, 0.3) is 6.43 Å². The minimum absolute atomic E-state index is 0.149. The molecular formula is C21H19F3N4. The molecule has 0 fully saturated rings. The highest BCUT2D eigenvalue weighted by molar-refractivity contribution is 5.74. The highest BCUT2D eigenvalue weighted by Crippen LogP contribution is 2.29. The van der Waals surface area contributed by atoms with E-state index in [1.807, 2.05) is 24.3 Å². The van der Waals surface area contributed by atoms with Gasteiger partial charge in [-0.05, 0) is 31.6 Å². The van der Waals surface area contributed by atoms with Crippen molar-refractivity contribution in [3.05, 3.63) is 82.8 Å². The molecule has 0 unspecified atom stereocenters. The lowest BCUT2D eigenvalue weighted by Gasteiger charge is -2.18. The van der Waals surface area contributed by atoms with Gasteiger partial charge in [0, 0.05) is 29.7 Å². The minimum Gasteiger partial charge on any atom is -0.363 e. The average molecular weight is 384 g/mol. The van der Waals surface area contributed by atoms with E-state index in [1.54, 1.807) is 32.4 Å². The largest absolute Gasteiger partial charge is 0.363 e. The number of aryl methyl sites for hydroxylation is 1. The fraction of sp³-hybridized carbons (Fsp3) is 0.190.